The van der Waals surface area contributed by atoms with Gasteiger partial charge in [0.2, 0.25) is 0 Å². The molecule has 134 valence electrons. The number of carbonyl (C=O) groups is 1. The molecule has 2 atom stereocenters. The Kier molecular flexibility index (Phi) is 5.08. The molecule has 6 nitrogen and oxygen atoms in total. The zero-order chi connectivity index (χ0) is 18.0. The second-order valence-corrected chi connectivity index (χ2v) is 6.99. The average Bonchev–Trinajstić information content (AvgIpc) is 3.18. The number of imidazole rings is 1. The summed E-state index contributed by atoms with van der Waals surface area (Å²) in [6.45, 7) is 4.20. The summed E-state index contributed by atoms with van der Waals surface area (Å²) in [5.74, 6) is 2.17. The molecule has 25 heavy (non-hydrogen) atoms. The fraction of sp³-hybridized carbons (Fsp3) is 0.474. The second kappa shape index (κ2) is 7.27. The molecule has 0 radical (unpaired) electrons. The minimum Gasteiger partial charge on any atom is -0.486 e. The molecule has 0 unspecified atom stereocenters. The number of carbonyl (C=O) groups excluding carboxylic acids is 1. The summed E-state index contributed by atoms with van der Waals surface area (Å²) in [6.07, 6.45) is 3.64. The fourth-order valence-electron chi connectivity index (χ4n) is 3.35. The molecule has 0 spiro atoms. The summed E-state index contributed by atoms with van der Waals surface area (Å²) in [5, 5.41) is 0. The van der Waals surface area contributed by atoms with E-state index in [9.17, 15) is 4.79 Å². The lowest BCUT2D eigenvalue weighted by molar-refractivity contribution is 0.0781. The molecule has 1 amide bonds. The number of likely N-dealkylation sites (N-methyl/N-ethyl adjacent to an activating group) is 1. The predicted molar refractivity (Wildman–Crippen MR) is 96.5 cm³/mol. The van der Waals surface area contributed by atoms with Gasteiger partial charge in [0.1, 0.15) is 18.2 Å². The van der Waals surface area contributed by atoms with Crippen LogP contribution in [0.25, 0.3) is 0 Å². The van der Waals surface area contributed by atoms with Crippen molar-refractivity contribution in [2.24, 2.45) is 13.0 Å². The molecule has 0 saturated carbocycles. The molecular weight excluding hydrogens is 316 g/mol. The van der Waals surface area contributed by atoms with Gasteiger partial charge >= 0.3 is 0 Å². The van der Waals surface area contributed by atoms with E-state index in [4.69, 9.17) is 4.74 Å². The SMILES string of the molecule is C[C@H]1CN(C(=O)c2ccc(OCc3nccn3C)cc2)C[C@@H]1N(C)C. The molecule has 1 aromatic carbocycles. The number of aryl methyl sites for hydroxylation is 1. The first-order chi connectivity index (χ1) is 12.0. The first-order valence-electron chi connectivity index (χ1n) is 8.60. The van der Waals surface area contributed by atoms with Crippen LogP contribution in [0.15, 0.2) is 36.7 Å². The van der Waals surface area contributed by atoms with Crippen LogP contribution in [0.4, 0.5) is 0 Å². The Labute approximate surface area is 149 Å². The van der Waals surface area contributed by atoms with E-state index in [2.05, 4.69) is 30.9 Å². The molecule has 6 heteroatoms. The van der Waals surface area contributed by atoms with Crippen molar-refractivity contribution in [3.63, 3.8) is 0 Å². The number of amides is 1. The van der Waals surface area contributed by atoms with Crippen molar-refractivity contribution < 1.29 is 9.53 Å². The van der Waals surface area contributed by atoms with E-state index in [1.807, 2.05) is 47.0 Å². The minimum atomic E-state index is 0.0897. The molecule has 1 aromatic heterocycles. The van der Waals surface area contributed by atoms with Crippen LogP contribution in [0.1, 0.15) is 23.1 Å². The normalized spacial score (nSPS) is 20.3. The van der Waals surface area contributed by atoms with E-state index >= 15 is 0 Å². The van der Waals surface area contributed by atoms with Crippen LogP contribution < -0.4 is 4.74 Å². The number of nitrogens with zero attached hydrogens (tertiary/aromatic N) is 4. The van der Waals surface area contributed by atoms with Gasteiger partial charge in [-0.15, -0.1) is 0 Å². The van der Waals surface area contributed by atoms with Crippen LogP contribution in [-0.4, -0.2) is 58.5 Å². The summed E-state index contributed by atoms with van der Waals surface area (Å²) in [4.78, 5) is 21.1. The maximum Gasteiger partial charge on any atom is 0.253 e. The van der Waals surface area contributed by atoms with E-state index in [0.29, 0.717) is 24.1 Å². The van der Waals surface area contributed by atoms with Crippen LogP contribution in [0.3, 0.4) is 0 Å². The highest BCUT2D eigenvalue weighted by atomic mass is 16.5. The van der Waals surface area contributed by atoms with Crippen LogP contribution in [-0.2, 0) is 13.7 Å². The highest BCUT2D eigenvalue weighted by Crippen LogP contribution is 2.23. The summed E-state index contributed by atoms with van der Waals surface area (Å²) in [7, 11) is 6.08. The lowest BCUT2D eigenvalue weighted by Gasteiger charge is -2.22. The van der Waals surface area contributed by atoms with Gasteiger partial charge in [-0.25, -0.2) is 4.98 Å². The van der Waals surface area contributed by atoms with Crippen molar-refractivity contribution in [1.82, 2.24) is 19.4 Å². The standard InChI is InChI=1S/C19H26N4O2/c1-14-11-23(12-17(14)21(2)3)19(24)15-5-7-16(8-6-15)25-13-18-20-9-10-22(18)4/h5-10,14,17H,11-13H2,1-4H3/t14-,17-/m0/s1. The summed E-state index contributed by atoms with van der Waals surface area (Å²) < 4.78 is 7.67. The Hall–Kier alpha value is -2.34. The number of aromatic nitrogens is 2. The van der Waals surface area contributed by atoms with Crippen molar-refractivity contribution in [2.75, 3.05) is 27.2 Å². The van der Waals surface area contributed by atoms with Crippen molar-refractivity contribution in [3.05, 3.63) is 48.0 Å². The maximum atomic E-state index is 12.7. The fourth-order valence-corrected chi connectivity index (χ4v) is 3.35. The lowest BCUT2D eigenvalue weighted by atomic mass is 10.1. The number of hydrogen-bond acceptors (Lipinski definition) is 4. The third-order valence-electron chi connectivity index (χ3n) is 4.91. The van der Waals surface area contributed by atoms with Gasteiger partial charge < -0.3 is 19.1 Å². The van der Waals surface area contributed by atoms with Crippen molar-refractivity contribution in [1.29, 1.82) is 0 Å². The third kappa shape index (κ3) is 3.85. The zero-order valence-corrected chi connectivity index (χ0v) is 15.3. The van der Waals surface area contributed by atoms with Gasteiger partial charge in [0.15, 0.2) is 0 Å². The van der Waals surface area contributed by atoms with Gasteiger partial charge in [0, 0.05) is 44.1 Å². The molecule has 2 aromatic rings. The van der Waals surface area contributed by atoms with Gasteiger partial charge in [-0.05, 0) is 44.3 Å². The third-order valence-corrected chi connectivity index (χ3v) is 4.91. The molecule has 1 aliphatic heterocycles. The molecule has 1 aliphatic rings. The number of ether oxygens (including phenoxy) is 1. The summed E-state index contributed by atoms with van der Waals surface area (Å²) >= 11 is 0. The molecular formula is C19H26N4O2. The maximum absolute atomic E-state index is 12.7. The molecule has 0 bridgehead atoms. The van der Waals surface area contributed by atoms with E-state index in [-0.39, 0.29) is 5.91 Å². The van der Waals surface area contributed by atoms with Gasteiger partial charge in [-0.2, -0.15) is 0 Å². The Morgan fingerprint density at radius 1 is 1.28 bits per heavy atom. The first-order valence-corrected chi connectivity index (χ1v) is 8.60. The topological polar surface area (TPSA) is 50.6 Å². The first kappa shape index (κ1) is 17.5. The van der Waals surface area contributed by atoms with Crippen LogP contribution in [0.5, 0.6) is 5.75 Å². The predicted octanol–water partition coefficient (Wildman–Crippen LogP) is 2.02. The van der Waals surface area contributed by atoms with Gasteiger partial charge in [0.05, 0.1) is 0 Å². The van der Waals surface area contributed by atoms with Crippen LogP contribution in [0.2, 0.25) is 0 Å². The monoisotopic (exact) mass is 342 g/mol. The van der Waals surface area contributed by atoms with Gasteiger partial charge in [-0.1, -0.05) is 6.92 Å². The van der Waals surface area contributed by atoms with Gasteiger partial charge in [-0.3, -0.25) is 4.79 Å². The Bertz CT molecular complexity index is 723. The molecule has 1 saturated heterocycles. The molecule has 0 N–H and O–H groups in total. The lowest BCUT2D eigenvalue weighted by Crippen LogP contribution is -2.35. The van der Waals surface area contributed by atoms with Gasteiger partial charge in [0.25, 0.3) is 5.91 Å². The van der Waals surface area contributed by atoms with E-state index in [1.54, 1.807) is 6.20 Å². The number of likely N-dealkylation sites (tertiary alicyclic amines) is 1. The molecule has 2 heterocycles. The quantitative estimate of drug-likeness (QED) is 0.834. The summed E-state index contributed by atoms with van der Waals surface area (Å²) in [5.41, 5.74) is 0.705. The Balaban J connectivity index is 1.60. The van der Waals surface area contributed by atoms with Crippen molar-refractivity contribution >= 4 is 5.91 Å². The smallest absolute Gasteiger partial charge is 0.253 e. The highest BCUT2D eigenvalue weighted by Gasteiger charge is 2.33. The minimum absolute atomic E-state index is 0.0897. The highest BCUT2D eigenvalue weighted by molar-refractivity contribution is 5.94. The van der Waals surface area contributed by atoms with Crippen LogP contribution >= 0.6 is 0 Å². The number of hydrogen-bond donors (Lipinski definition) is 0. The van der Waals surface area contributed by atoms with Crippen molar-refractivity contribution in [3.8, 4) is 5.75 Å². The molecule has 1 fully saturated rings. The number of benzene rings is 1. The zero-order valence-electron chi connectivity index (χ0n) is 15.3. The van der Waals surface area contributed by atoms with Crippen LogP contribution in [0, 0.1) is 5.92 Å². The summed E-state index contributed by atoms with van der Waals surface area (Å²) in [6, 6.07) is 7.79. The van der Waals surface area contributed by atoms with E-state index in [0.717, 1.165) is 24.7 Å². The Morgan fingerprint density at radius 3 is 2.56 bits per heavy atom. The van der Waals surface area contributed by atoms with Crippen molar-refractivity contribution in [2.45, 2.75) is 19.6 Å². The molecule has 0 aliphatic carbocycles. The average molecular weight is 342 g/mol. The second-order valence-electron chi connectivity index (χ2n) is 6.99. The van der Waals surface area contributed by atoms with E-state index in [1.165, 1.54) is 0 Å². The largest absolute Gasteiger partial charge is 0.486 e. The number of rotatable bonds is 5. The Morgan fingerprint density at radius 2 is 2.00 bits per heavy atom. The molecule has 3 rings (SSSR count). The van der Waals surface area contributed by atoms with E-state index < -0.39 is 0 Å².